The summed E-state index contributed by atoms with van der Waals surface area (Å²) in [4.78, 5) is 23.5. The fourth-order valence-electron chi connectivity index (χ4n) is 1.74. The van der Waals surface area contributed by atoms with Gasteiger partial charge in [0.25, 0.3) is 0 Å². The standard InChI is InChI=1S/C13H12ClF3N2O2/c14-8-3-4-10(9(5-8)11(20)7-1-2-7)19-12(21)18-6-13(15,16)17/h3-5,7H,1-2,6H2,(H2,18,19,21). The van der Waals surface area contributed by atoms with Gasteiger partial charge in [-0.1, -0.05) is 11.6 Å². The summed E-state index contributed by atoms with van der Waals surface area (Å²) < 4.78 is 36.0. The summed E-state index contributed by atoms with van der Waals surface area (Å²) >= 11 is 5.81. The van der Waals surface area contributed by atoms with Gasteiger partial charge in [0, 0.05) is 16.5 Å². The Balaban J connectivity index is 2.08. The number of hydrogen-bond acceptors (Lipinski definition) is 2. The van der Waals surface area contributed by atoms with Crippen LogP contribution in [0.2, 0.25) is 5.02 Å². The molecule has 0 unspecified atom stereocenters. The summed E-state index contributed by atoms with van der Waals surface area (Å²) in [5, 5.41) is 4.24. The van der Waals surface area contributed by atoms with Crippen LogP contribution in [0.3, 0.4) is 0 Å². The van der Waals surface area contributed by atoms with Crippen LogP contribution in [0.15, 0.2) is 18.2 Å². The van der Waals surface area contributed by atoms with Crippen LogP contribution in [0, 0.1) is 5.92 Å². The van der Waals surface area contributed by atoms with Crippen LogP contribution in [0.4, 0.5) is 23.7 Å². The normalized spacial score (nSPS) is 14.7. The molecule has 0 radical (unpaired) electrons. The number of rotatable bonds is 4. The Kier molecular flexibility index (Phi) is 4.41. The molecule has 114 valence electrons. The Morgan fingerprint density at radius 3 is 2.52 bits per heavy atom. The second-order valence-corrected chi connectivity index (χ2v) is 5.19. The van der Waals surface area contributed by atoms with E-state index in [1.807, 2.05) is 0 Å². The van der Waals surface area contributed by atoms with E-state index in [4.69, 9.17) is 11.6 Å². The second-order valence-electron chi connectivity index (χ2n) is 4.75. The fraction of sp³-hybridized carbons (Fsp3) is 0.385. The molecule has 2 rings (SSSR count). The van der Waals surface area contributed by atoms with Crippen molar-refractivity contribution < 1.29 is 22.8 Å². The quantitative estimate of drug-likeness (QED) is 0.832. The third-order valence-electron chi connectivity index (χ3n) is 2.89. The lowest BCUT2D eigenvalue weighted by atomic mass is 10.1. The van der Waals surface area contributed by atoms with Gasteiger partial charge in [-0.15, -0.1) is 0 Å². The monoisotopic (exact) mass is 320 g/mol. The van der Waals surface area contributed by atoms with Crippen molar-refractivity contribution in [2.45, 2.75) is 19.0 Å². The van der Waals surface area contributed by atoms with Gasteiger partial charge in [-0.05, 0) is 31.0 Å². The van der Waals surface area contributed by atoms with Gasteiger partial charge in [0.05, 0.1) is 5.69 Å². The highest BCUT2D eigenvalue weighted by molar-refractivity contribution is 6.31. The van der Waals surface area contributed by atoms with E-state index in [9.17, 15) is 22.8 Å². The smallest absolute Gasteiger partial charge is 0.329 e. The number of benzene rings is 1. The largest absolute Gasteiger partial charge is 0.405 e. The third kappa shape index (κ3) is 4.63. The lowest BCUT2D eigenvalue weighted by Crippen LogP contribution is -2.36. The number of carbonyl (C=O) groups is 2. The average molecular weight is 321 g/mol. The molecule has 4 nitrogen and oxygen atoms in total. The Hall–Kier alpha value is -1.76. The van der Waals surface area contributed by atoms with Crippen molar-refractivity contribution in [1.82, 2.24) is 5.32 Å². The highest BCUT2D eigenvalue weighted by Crippen LogP contribution is 2.35. The Labute approximate surface area is 123 Å². The predicted molar refractivity (Wildman–Crippen MR) is 71.6 cm³/mol. The Morgan fingerprint density at radius 2 is 1.95 bits per heavy atom. The minimum absolute atomic E-state index is 0.0951. The summed E-state index contributed by atoms with van der Waals surface area (Å²) in [6.45, 7) is -1.45. The molecule has 1 aromatic carbocycles. The van der Waals surface area contributed by atoms with Crippen LogP contribution < -0.4 is 10.6 Å². The first kappa shape index (κ1) is 15.6. The van der Waals surface area contributed by atoms with Gasteiger partial charge in [-0.2, -0.15) is 13.2 Å². The van der Waals surface area contributed by atoms with Crippen LogP contribution in [-0.2, 0) is 0 Å². The van der Waals surface area contributed by atoms with Crippen molar-refractivity contribution in [3.05, 3.63) is 28.8 Å². The van der Waals surface area contributed by atoms with Crippen molar-refractivity contribution in [3.8, 4) is 0 Å². The average Bonchev–Trinajstić information content (AvgIpc) is 3.21. The maximum Gasteiger partial charge on any atom is 0.405 e. The molecule has 1 aliphatic rings. The summed E-state index contributed by atoms with van der Waals surface area (Å²) in [5.41, 5.74) is 0.364. The molecule has 0 heterocycles. The van der Waals surface area contributed by atoms with Gasteiger partial charge in [-0.25, -0.2) is 4.79 Å². The van der Waals surface area contributed by atoms with Crippen molar-refractivity contribution >= 4 is 29.1 Å². The second kappa shape index (κ2) is 5.93. The third-order valence-corrected chi connectivity index (χ3v) is 3.13. The molecule has 0 aliphatic heterocycles. The number of nitrogens with one attached hydrogen (secondary N) is 2. The van der Waals surface area contributed by atoms with Gasteiger partial charge in [-0.3, -0.25) is 4.79 Å². The van der Waals surface area contributed by atoms with Crippen molar-refractivity contribution in [2.75, 3.05) is 11.9 Å². The zero-order valence-corrected chi connectivity index (χ0v) is 11.5. The minimum atomic E-state index is -4.50. The first-order chi connectivity index (χ1) is 9.76. The van der Waals surface area contributed by atoms with Gasteiger partial charge >= 0.3 is 12.2 Å². The molecule has 21 heavy (non-hydrogen) atoms. The van der Waals surface area contributed by atoms with E-state index in [1.54, 1.807) is 5.32 Å². The zero-order chi connectivity index (χ0) is 15.6. The summed E-state index contributed by atoms with van der Waals surface area (Å²) in [6.07, 6.45) is -2.96. The molecule has 1 aliphatic carbocycles. The van der Waals surface area contributed by atoms with Crippen molar-refractivity contribution in [2.24, 2.45) is 5.92 Å². The van der Waals surface area contributed by atoms with Gasteiger partial charge in [0.1, 0.15) is 6.54 Å². The fourth-order valence-corrected chi connectivity index (χ4v) is 1.91. The molecule has 2 N–H and O–H groups in total. The molecule has 0 spiro atoms. The van der Waals surface area contributed by atoms with E-state index < -0.39 is 18.8 Å². The molecule has 0 aromatic heterocycles. The first-order valence-electron chi connectivity index (χ1n) is 6.21. The van der Waals surface area contributed by atoms with E-state index >= 15 is 0 Å². The minimum Gasteiger partial charge on any atom is -0.329 e. The summed E-state index contributed by atoms with van der Waals surface area (Å²) in [5.74, 6) is -0.258. The maximum atomic E-state index is 12.1. The molecule has 1 saturated carbocycles. The molecule has 1 fully saturated rings. The number of hydrogen-bond donors (Lipinski definition) is 2. The molecular formula is C13H12ClF3N2O2. The van der Waals surface area contributed by atoms with Gasteiger partial charge in [0.2, 0.25) is 0 Å². The molecular weight excluding hydrogens is 309 g/mol. The number of halogens is 4. The summed E-state index contributed by atoms with van der Waals surface area (Å²) in [6, 6.07) is 3.22. The molecule has 2 amide bonds. The van der Waals surface area contributed by atoms with E-state index in [0.717, 1.165) is 12.8 Å². The van der Waals surface area contributed by atoms with Gasteiger partial charge in [0.15, 0.2) is 5.78 Å². The number of alkyl halides is 3. The lowest BCUT2D eigenvalue weighted by molar-refractivity contribution is -0.122. The molecule has 0 bridgehead atoms. The van der Waals surface area contributed by atoms with E-state index in [2.05, 4.69) is 5.32 Å². The van der Waals surface area contributed by atoms with E-state index in [0.29, 0.717) is 5.02 Å². The van der Waals surface area contributed by atoms with Crippen LogP contribution in [0.5, 0.6) is 0 Å². The van der Waals surface area contributed by atoms with E-state index in [-0.39, 0.29) is 23.0 Å². The first-order valence-corrected chi connectivity index (χ1v) is 6.59. The highest BCUT2D eigenvalue weighted by Gasteiger charge is 2.32. The number of Topliss-reactive ketones (excluding diaryl/α,β-unsaturated/α-hetero) is 1. The summed E-state index contributed by atoms with van der Waals surface area (Å²) in [7, 11) is 0. The van der Waals surface area contributed by atoms with Crippen LogP contribution in [0.1, 0.15) is 23.2 Å². The molecule has 0 atom stereocenters. The Bertz CT molecular complexity index is 571. The van der Waals surface area contributed by atoms with Crippen LogP contribution >= 0.6 is 11.6 Å². The van der Waals surface area contributed by atoms with Crippen LogP contribution in [0.25, 0.3) is 0 Å². The number of anilines is 1. The maximum absolute atomic E-state index is 12.1. The predicted octanol–water partition coefficient (Wildman–Crippen LogP) is 3.62. The molecule has 0 saturated heterocycles. The van der Waals surface area contributed by atoms with Crippen molar-refractivity contribution in [3.63, 3.8) is 0 Å². The number of urea groups is 1. The number of amides is 2. The van der Waals surface area contributed by atoms with Gasteiger partial charge < -0.3 is 10.6 Å². The SMILES string of the molecule is O=C(NCC(F)(F)F)Nc1ccc(Cl)cc1C(=O)C1CC1. The molecule has 1 aromatic rings. The molecule has 8 heteroatoms. The van der Waals surface area contributed by atoms with E-state index in [1.165, 1.54) is 18.2 Å². The lowest BCUT2D eigenvalue weighted by Gasteiger charge is -2.12. The number of carbonyl (C=O) groups excluding carboxylic acids is 2. The zero-order valence-electron chi connectivity index (χ0n) is 10.8. The van der Waals surface area contributed by atoms with Crippen LogP contribution in [-0.4, -0.2) is 24.5 Å². The topological polar surface area (TPSA) is 58.2 Å². The number of ketones is 1. The highest BCUT2D eigenvalue weighted by atomic mass is 35.5. The van der Waals surface area contributed by atoms with Crippen molar-refractivity contribution in [1.29, 1.82) is 0 Å². The Morgan fingerprint density at radius 1 is 1.29 bits per heavy atom.